The third-order valence-corrected chi connectivity index (χ3v) is 5.92. The van der Waals surface area contributed by atoms with E-state index < -0.39 is 15.5 Å². The molecule has 112 valence electrons. The summed E-state index contributed by atoms with van der Waals surface area (Å²) in [5.41, 5.74) is 0. The van der Waals surface area contributed by atoms with E-state index in [1.165, 1.54) is 56.4 Å². The minimum atomic E-state index is -3.67. The summed E-state index contributed by atoms with van der Waals surface area (Å²) in [5, 5.41) is 0. The van der Waals surface area contributed by atoms with E-state index in [1.807, 2.05) is 0 Å². The van der Waals surface area contributed by atoms with Gasteiger partial charge in [-0.05, 0) is 56.4 Å². The Kier molecular flexibility index (Phi) is 8.73. The zero-order valence-electron chi connectivity index (χ0n) is 12.3. The molecule has 0 spiro atoms. The maximum absolute atomic E-state index is 12.7. The standard InChI is InChI=1S/2C4H12FN2OP/c2*1-6(2)9(5,8)7(3)4/h2*1-4H3. The van der Waals surface area contributed by atoms with Crippen molar-refractivity contribution < 1.29 is 17.5 Å². The molecule has 0 saturated carbocycles. The highest BCUT2D eigenvalue weighted by atomic mass is 31.2. The van der Waals surface area contributed by atoms with Crippen molar-refractivity contribution in [2.45, 2.75) is 0 Å². The SMILES string of the molecule is CN(C)P(=O)(F)N(C)C.CN(C)P(=O)(F)N(C)C. The summed E-state index contributed by atoms with van der Waals surface area (Å²) in [6.07, 6.45) is 0. The van der Waals surface area contributed by atoms with Gasteiger partial charge >= 0.3 is 15.5 Å². The molecule has 0 fully saturated rings. The van der Waals surface area contributed by atoms with Crippen molar-refractivity contribution in [3.8, 4) is 0 Å². The van der Waals surface area contributed by atoms with E-state index in [0.29, 0.717) is 0 Å². The molecule has 0 rings (SSSR count). The lowest BCUT2D eigenvalue weighted by atomic mass is 11.3. The topological polar surface area (TPSA) is 47.1 Å². The van der Waals surface area contributed by atoms with Gasteiger partial charge in [-0.25, -0.2) is 18.7 Å². The highest BCUT2D eigenvalue weighted by Gasteiger charge is 2.26. The van der Waals surface area contributed by atoms with E-state index >= 15 is 0 Å². The molecule has 6 nitrogen and oxygen atoms in total. The van der Waals surface area contributed by atoms with Gasteiger partial charge in [0.25, 0.3) is 0 Å². The zero-order valence-corrected chi connectivity index (χ0v) is 14.0. The van der Waals surface area contributed by atoms with E-state index in [4.69, 9.17) is 0 Å². The Bertz CT molecular complexity index is 281. The van der Waals surface area contributed by atoms with Gasteiger partial charge in [0.2, 0.25) is 0 Å². The molecule has 0 heterocycles. The van der Waals surface area contributed by atoms with Gasteiger partial charge in [0.1, 0.15) is 0 Å². The predicted molar refractivity (Wildman–Crippen MR) is 72.2 cm³/mol. The zero-order chi connectivity index (χ0) is 15.3. The van der Waals surface area contributed by atoms with E-state index in [1.54, 1.807) is 0 Å². The van der Waals surface area contributed by atoms with Crippen molar-refractivity contribution >= 4 is 15.5 Å². The van der Waals surface area contributed by atoms with E-state index in [9.17, 15) is 17.5 Å². The van der Waals surface area contributed by atoms with Gasteiger partial charge < -0.3 is 0 Å². The van der Waals surface area contributed by atoms with Gasteiger partial charge in [-0.1, -0.05) is 0 Å². The number of halogens is 2. The molecular formula is C8H24F2N4O2P2. The maximum Gasteiger partial charge on any atom is 0.381 e. The van der Waals surface area contributed by atoms with Crippen LogP contribution in [-0.4, -0.2) is 75.1 Å². The number of nitrogens with zero attached hydrogens (tertiary/aromatic N) is 4. The smallest absolute Gasteiger partial charge is 0.251 e. The van der Waals surface area contributed by atoms with Crippen LogP contribution in [0, 0.1) is 0 Å². The molecule has 0 aromatic heterocycles. The van der Waals surface area contributed by atoms with Crippen molar-refractivity contribution in [2.24, 2.45) is 0 Å². The molecule has 0 bridgehead atoms. The quantitative estimate of drug-likeness (QED) is 0.743. The van der Waals surface area contributed by atoms with Crippen LogP contribution in [0.5, 0.6) is 0 Å². The van der Waals surface area contributed by atoms with Crippen molar-refractivity contribution in [3.05, 3.63) is 0 Å². The summed E-state index contributed by atoms with van der Waals surface area (Å²) in [7, 11) is 4.22. The Morgan fingerprint density at radius 1 is 0.556 bits per heavy atom. The Morgan fingerprint density at radius 2 is 0.667 bits per heavy atom. The molecule has 10 heteroatoms. The van der Waals surface area contributed by atoms with E-state index in [-0.39, 0.29) is 0 Å². The first-order chi connectivity index (χ1) is 7.77. The molecule has 0 aromatic rings. The van der Waals surface area contributed by atoms with Crippen LogP contribution in [0.4, 0.5) is 8.39 Å². The highest BCUT2D eigenvalue weighted by Crippen LogP contribution is 2.51. The lowest BCUT2D eigenvalue weighted by Crippen LogP contribution is -2.17. The molecule has 0 unspecified atom stereocenters. The largest absolute Gasteiger partial charge is 0.381 e. The summed E-state index contributed by atoms with van der Waals surface area (Å²) < 4.78 is 51.4. The Hall–Kier alpha value is 0.160. The second kappa shape index (κ2) is 7.68. The minimum Gasteiger partial charge on any atom is -0.251 e. The lowest BCUT2D eigenvalue weighted by molar-refractivity contribution is 0.398. The van der Waals surface area contributed by atoms with Gasteiger partial charge in [0, 0.05) is 0 Å². The molecule has 0 radical (unpaired) electrons. The number of rotatable bonds is 4. The summed E-state index contributed by atoms with van der Waals surface area (Å²) in [4.78, 5) is 0. The third-order valence-electron chi connectivity index (χ3n) is 1.97. The fraction of sp³-hybridized carbons (Fsp3) is 1.00. The van der Waals surface area contributed by atoms with Crippen molar-refractivity contribution in [3.63, 3.8) is 0 Å². The molecule has 0 aliphatic carbocycles. The van der Waals surface area contributed by atoms with E-state index in [2.05, 4.69) is 0 Å². The summed E-state index contributed by atoms with van der Waals surface area (Å²) in [6.45, 7) is 0. The lowest BCUT2D eigenvalue weighted by Gasteiger charge is -2.21. The van der Waals surface area contributed by atoms with Crippen LogP contribution >= 0.6 is 15.5 Å². The van der Waals surface area contributed by atoms with Crippen molar-refractivity contribution in [2.75, 3.05) is 56.4 Å². The molecule has 0 aromatic carbocycles. The van der Waals surface area contributed by atoms with Crippen LogP contribution in [-0.2, 0) is 9.13 Å². The fourth-order valence-corrected chi connectivity index (χ4v) is 2.15. The summed E-state index contributed by atoms with van der Waals surface area (Å²) in [5.74, 6) is 0. The molecule has 0 atom stereocenters. The monoisotopic (exact) mass is 308 g/mol. The number of hydrogen-bond donors (Lipinski definition) is 0. The fourth-order valence-electron chi connectivity index (χ4n) is 0.716. The molecular weight excluding hydrogens is 284 g/mol. The first-order valence-electron chi connectivity index (χ1n) is 5.08. The van der Waals surface area contributed by atoms with Gasteiger partial charge in [-0.15, -0.1) is 0 Å². The van der Waals surface area contributed by atoms with Gasteiger partial charge in [-0.3, -0.25) is 9.13 Å². The predicted octanol–water partition coefficient (Wildman–Crippen LogP) is 2.37. The highest BCUT2D eigenvalue weighted by molar-refractivity contribution is 7.53. The normalized spacial score (nSPS) is 13.2. The van der Waals surface area contributed by atoms with Crippen LogP contribution in [0.1, 0.15) is 0 Å². The van der Waals surface area contributed by atoms with Gasteiger partial charge in [0.05, 0.1) is 0 Å². The Morgan fingerprint density at radius 3 is 0.667 bits per heavy atom. The average molecular weight is 308 g/mol. The van der Waals surface area contributed by atoms with Gasteiger partial charge in [0.15, 0.2) is 0 Å². The first-order valence-corrected chi connectivity index (χ1v) is 8.09. The second-order valence-corrected chi connectivity index (χ2v) is 9.43. The van der Waals surface area contributed by atoms with E-state index in [0.717, 1.165) is 18.7 Å². The second-order valence-electron chi connectivity index (χ2n) is 4.33. The Balaban J connectivity index is 0. The molecule has 0 N–H and O–H groups in total. The average Bonchev–Trinajstić information content (AvgIpc) is 2.17. The summed E-state index contributed by atoms with van der Waals surface area (Å²) >= 11 is 0. The first kappa shape index (κ1) is 20.5. The molecule has 0 amide bonds. The third kappa shape index (κ3) is 6.36. The Labute approximate surface area is 109 Å². The molecule has 0 aliphatic rings. The molecule has 0 aliphatic heterocycles. The van der Waals surface area contributed by atoms with Crippen LogP contribution in [0.2, 0.25) is 0 Å². The van der Waals surface area contributed by atoms with Crippen molar-refractivity contribution in [1.29, 1.82) is 0 Å². The molecule has 18 heavy (non-hydrogen) atoms. The minimum absolute atomic E-state index is 1.08. The summed E-state index contributed by atoms with van der Waals surface area (Å²) in [6, 6.07) is 0. The van der Waals surface area contributed by atoms with Crippen LogP contribution < -0.4 is 0 Å². The van der Waals surface area contributed by atoms with Crippen LogP contribution in [0.25, 0.3) is 0 Å². The van der Waals surface area contributed by atoms with Gasteiger partial charge in [-0.2, -0.15) is 8.39 Å². The molecule has 0 saturated heterocycles. The maximum atomic E-state index is 12.7. The van der Waals surface area contributed by atoms with Crippen LogP contribution in [0.15, 0.2) is 0 Å². The van der Waals surface area contributed by atoms with Crippen molar-refractivity contribution in [1.82, 2.24) is 18.7 Å². The van der Waals surface area contributed by atoms with Crippen LogP contribution in [0.3, 0.4) is 0 Å². The number of hydrogen-bond acceptors (Lipinski definition) is 2.